The number of rotatable bonds is 7. The van der Waals surface area contributed by atoms with Crippen LogP contribution in [-0.4, -0.2) is 35.6 Å². The minimum absolute atomic E-state index is 0.105. The molecule has 0 aliphatic carbocycles. The van der Waals surface area contributed by atoms with E-state index in [1.54, 1.807) is 18.2 Å². The first kappa shape index (κ1) is 18.3. The van der Waals surface area contributed by atoms with E-state index in [2.05, 4.69) is 5.32 Å². The highest BCUT2D eigenvalue weighted by molar-refractivity contribution is 7.85. The molecule has 7 heteroatoms. The third kappa shape index (κ3) is 4.98. The van der Waals surface area contributed by atoms with Crippen LogP contribution in [0.3, 0.4) is 0 Å². The Hall–Kier alpha value is -2.54. The van der Waals surface area contributed by atoms with Gasteiger partial charge in [0.25, 0.3) is 0 Å². The van der Waals surface area contributed by atoms with Gasteiger partial charge in [-0.05, 0) is 36.2 Å². The fourth-order valence-electron chi connectivity index (χ4n) is 2.59. The molecule has 1 amide bonds. The maximum Gasteiger partial charge on any atom is 0.220 e. The number of nitrogen functional groups attached to an aromatic ring is 1. The average Bonchev–Trinajstić information content (AvgIpc) is 2.67. The maximum absolute atomic E-state index is 12.4. The third-order valence-corrected chi connectivity index (χ3v) is 5.36. The summed E-state index contributed by atoms with van der Waals surface area (Å²) in [4.78, 5) is 12.6. The monoisotopic (exact) mass is 374 g/mol. The first-order valence-corrected chi connectivity index (χ1v) is 9.83. The van der Waals surface area contributed by atoms with Gasteiger partial charge in [0.2, 0.25) is 5.91 Å². The number of anilines is 1. The summed E-state index contributed by atoms with van der Waals surface area (Å²) >= 11 is 0. The Labute approximate surface area is 155 Å². The molecular formula is C19H22N2O4S. The molecule has 3 rings (SSSR count). The molecule has 1 unspecified atom stereocenters. The second-order valence-corrected chi connectivity index (χ2v) is 7.52. The fourth-order valence-corrected chi connectivity index (χ4v) is 3.65. The third-order valence-electron chi connectivity index (χ3n) is 4.01. The molecule has 2 aromatic carbocycles. The Balaban J connectivity index is 1.42. The van der Waals surface area contributed by atoms with E-state index >= 15 is 0 Å². The number of nitrogens with two attached hydrogens (primary N) is 1. The smallest absolute Gasteiger partial charge is 0.220 e. The van der Waals surface area contributed by atoms with Crippen LogP contribution >= 0.6 is 0 Å². The number of fused-ring (bicyclic) bond motifs is 1. The van der Waals surface area contributed by atoms with Crippen LogP contribution < -0.4 is 20.5 Å². The van der Waals surface area contributed by atoms with Crippen molar-refractivity contribution in [1.29, 1.82) is 0 Å². The molecule has 0 saturated heterocycles. The van der Waals surface area contributed by atoms with Crippen LogP contribution in [0.2, 0.25) is 0 Å². The van der Waals surface area contributed by atoms with E-state index in [1.807, 2.05) is 24.3 Å². The number of amides is 1. The first-order valence-electron chi connectivity index (χ1n) is 8.51. The molecule has 2 aromatic rings. The quantitative estimate of drug-likeness (QED) is 0.723. The summed E-state index contributed by atoms with van der Waals surface area (Å²) in [5.74, 6) is 1.44. The van der Waals surface area contributed by atoms with E-state index in [0.29, 0.717) is 36.2 Å². The van der Waals surface area contributed by atoms with Crippen molar-refractivity contribution in [1.82, 2.24) is 5.32 Å². The van der Waals surface area contributed by atoms with Gasteiger partial charge in [0.15, 0.2) is 11.5 Å². The summed E-state index contributed by atoms with van der Waals surface area (Å²) in [5.41, 5.74) is 7.48. The van der Waals surface area contributed by atoms with Gasteiger partial charge in [0.1, 0.15) is 13.2 Å². The molecule has 0 saturated carbocycles. The van der Waals surface area contributed by atoms with Gasteiger partial charge in [0, 0.05) is 35.4 Å². The minimum Gasteiger partial charge on any atom is -0.486 e. The number of hydrogen-bond donors (Lipinski definition) is 2. The zero-order valence-electron chi connectivity index (χ0n) is 14.4. The number of carbonyl (C=O) groups is 1. The Morgan fingerprint density at radius 2 is 1.81 bits per heavy atom. The molecule has 1 aliphatic heterocycles. The fraction of sp³-hybridized carbons (Fsp3) is 0.316. The van der Waals surface area contributed by atoms with Crippen LogP contribution in [-0.2, 0) is 22.0 Å². The predicted molar refractivity (Wildman–Crippen MR) is 101 cm³/mol. The number of hydrogen-bond acceptors (Lipinski definition) is 5. The molecule has 0 spiro atoms. The van der Waals surface area contributed by atoms with E-state index in [-0.39, 0.29) is 18.1 Å². The molecule has 0 aromatic heterocycles. The highest BCUT2D eigenvalue weighted by atomic mass is 32.2. The molecule has 1 heterocycles. The molecule has 1 atom stereocenters. The zero-order valence-corrected chi connectivity index (χ0v) is 15.2. The molecular weight excluding hydrogens is 352 g/mol. The van der Waals surface area contributed by atoms with E-state index in [4.69, 9.17) is 15.2 Å². The van der Waals surface area contributed by atoms with Crippen LogP contribution in [0, 0.1) is 0 Å². The maximum atomic E-state index is 12.4. The van der Waals surface area contributed by atoms with E-state index in [1.165, 1.54) is 0 Å². The lowest BCUT2D eigenvalue weighted by molar-refractivity contribution is -0.120. The van der Waals surface area contributed by atoms with Crippen LogP contribution in [0.5, 0.6) is 11.5 Å². The molecule has 6 nitrogen and oxygen atoms in total. The lowest BCUT2D eigenvalue weighted by Gasteiger charge is -2.18. The number of ether oxygens (including phenoxy) is 2. The standard InChI is InChI=1S/C19H22N2O4S/c20-15-3-1-14(2-4-15)7-9-21-19(22)8-12-26(23)16-5-6-17-18(13-16)25-11-10-24-17/h1-6,13H,7-12,20H2,(H,21,22). The topological polar surface area (TPSA) is 90.7 Å². The summed E-state index contributed by atoms with van der Waals surface area (Å²) in [6.07, 6.45) is 0.945. The van der Waals surface area contributed by atoms with Gasteiger partial charge >= 0.3 is 0 Å². The van der Waals surface area contributed by atoms with Crippen molar-refractivity contribution in [3.63, 3.8) is 0 Å². The highest BCUT2D eigenvalue weighted by Crippen LogP contribution is 2.31. The van der Waals surface area contributed by atoms with Crippen LogP contribution in [0.15, 0.2) is 47.4 Å². The predicted octanol–water partition coefficient (Wildman–Crippen LogP) is 1.90. The van der Waals surface area contributed by atoms with Crippen molar-refractivity contribution in [3.05, 3.63) is 48.0 Å². The zero-order chi connectivity index (χ0) is 18.4. The molecule has 138 valence electrons. The van der Waals surface area contributed by atoms with Gasteiger partial charge in [-0.25, -0.2) is 0 Å². The van der Waals surface area contributed by atoms with E-state index in [9.17, 15) is 9.00 Å². The van der Waals surface area contributed by atoms with Crippen LogP contribution in [0.4, 0.5) is 5.69 Å². The van der Waals surface area contributed by atoms with Gasteiger partial charge in [-0.15, -0.1) is 0 Å². The van der Waals surface area contributed by atoms with Gasteiger partial charge in [0.05, 0.1) is 10.8 Å². The largest absolute Gasteiger partial charge is 0.486 e. The molecule has 0 radical (unpaired) electrons. The second-order valence-electron chi connectivity index (χ2n) is 5.95. The molecule has 26 heavy (non-hydrogen) atoms. The Bertz CT molecular complexity index is 793. The lowest BCUT2D eigenvalue weighted by Crippen LogP contribution is -2.26. The van der Waals surface area contributed by atoms with Gasteiger partial charge in [-0.2, -0.15) is 0 Å². The minimum atomic E-state index is -1.26. The van der Waals surface area contributed by atoms with Crippen molar-refractivity contribution < 1.29 is 18.5 Å². The SMILES string of the molecule is Nc1ccc(CCNC(=O)CCS(=O)c2ccc3c(c2)OCCO3)cc1. The van der Waals surface area contributed by atoms with Crippen molar-refractivity contribution in [3.8, 4) is 11.5 Å². The van der Waals surface area contributed by atoms with Crippen LogP contribution in [0.25, 0.3) is 0 Å². The molecule has 0 fully saturated rings. The lowest BCUT2D eigenvalue weighted by atomic mass is 10.1. The number of carbonyl (C=O) groups excluding carboxylic acids is 1. The summed E-state index contributed by atoms with van der Waals surface area (Å²) in [5, 5.41) is 2.85. The number of benzene rings is 2. The molecule has 0 bridgehead atoms. The molecule has 3 N–H and O–H groups in total. The normalized spacial score (nSPS) is 13.8. The average molecular weight is 374 g/mol. The van der Waals surface area contributed by atoms with Crippen molar-refractivity contribution in [2.75, 3.05) is 31.2 Å². The Kier molecular flexibility index (Phi) is 6.12. The summed E-state index contributed by atoms with van der Waals surface area (Å²) in [6.45, 7) is 1.55. The Morgan fingerprint density at radius 3 is 2.58 bits per heavy atom. The molecule has 1 aliphatic rings. The van der Waals surface area contributed by atoms with Gasteiger partial charge in [-0.1, -0.05) is 12.1 Å². The van der Waals surface area contributed by atoms with Crippen molar-refractivity contribution in [2.45, 2.75) is 17.7 Å². The second kappa shape index (κ2) is 8.71. The van der Waals surface area contributed by atoms with Crippen molar-refractivity contribution >= 4 is 22.4 Å². The van der Waals surface area contributed by atoms with E-state index < -0.39 is 10.8 Å². The Morgan fingerprint density at radius 1 is 1.08 bits per heavy atom. The van der Waals surface area contributed by atoms with Crippen molar-refractivity contribution in [2.24, 2.45) is 0 Å². The summed E-state index contributed by atoms with van der Waals surface area (Å²) < 4.78 is 23.3. The van der Waals surface area contributed by atoms with Crippen LogP contribution in [0.1, 0.15) is 12.0 Å². The first-order chi connectivity index (χ1) is 12.6. The summed E-state index contributed by atoms with van der Waals surface area (Å²) in [6, 6.07) is 12.8. The summed E-state index contributed by atoms with van der Waals surface area (Å²) in [7, 11) is -1.26. The van der Waals surface area contributed by atoms with Gasteiger partial charge in [-0.3, -0.25) is 9.00 Å². The number of nitrogens with one attached hydrogen (secondary N) is 1. The van der Waals surface area contributed by atoms with E-state index in [0.717, 1.165) is 17.7 Å². The van der Waals surface area contributed by atoms with Gasteiger partial charge < -0.3 is 20.5 Å². The highest BCUT2D eigenvalue weighted by Gasteiger charge is 2.15.